The zero-order chi connectivity index (χ0) is 24.4. The van der Waals surface area contributed by atoms with E-state index in [9.17, 15) is 9.59 Å². The largest absolute Gasteiger partial charge is 0.463 e. The second-order valence-electron chi connectivity index (χ2n) is 7.70. The summed E-state index contributed by atoms with van der Waals surface area (Å²) in [7, 11) is 0. The lowest BCUT2D eigenvalue weighted by atomic mass is 9.96. The number of esters is 1. The summed E-state index contributed by atoms with van der Waals surface area (Å²) in [5.41, 5.74) is 1.35. The fourth-order valence-electron chi connectivity index (χ4n) is 4.01. The molecule has 0 radical (unpaired) electrons. The maximum atomic E-state index is 13.6. The fourth-order valence-corrected chi connectivity index (χ4v) is 5.16. The number of halogens is 1. The molecule has 1 aliphatic rings. The third kappa shape index (κ3) is 4.48. The second-order valence-corrected chi connectivity index (χ2v) is 9.15. The number of fused-ring (bicyclic) bond motifs is 1. The van der Waals surface area contributed by atoms with Crippen molar-refractivity contribution in [3.63, 3.8) is 0 Å². The van der Waals surface area contributed by atoms with Gasteiger partial charge in [-0.05, 0) is 51.5 Å². The van der Waals surface area contributed by atoms with Gasteiger partial charge in [0.15, 0.2) is 10.7 Å². The molecule has 34 heavy (non-hydrogen) atoms. The van der Waals surface area contributed by atoms with E-state index in [-0.39, 0.29) is 12.2 Å². The molecule has 3 aromatic rings. The summed E-state index contributed by atoms with van der Waals surface area (Å²) < 4.78 is 13.3. The van der Waals surface area contributed by atoms with Gasteiger partial charge >= 0.3 is 5.97 Å². The van der Waals surface area contributed by atoms with E-state index >= 15 is 0 Å². The van der Waals surface area contributed by atoms with E-state index in [1.54, 1.807) is 36.6 Å². The first kappa shape index (κ1) is 24.0. The van der Waals surface area contributed by atoms with Crippen molar-refractivity contribution in [3.8, 4) is 0 Å². The molecule has 3 heterocycles. The Labute approximate surface area is 206 Å². The zero-order valence-electron chi connectivity index (χ0n) is 19.5. The summed E-state index contributed by atoms with van der Waals surface area (Å²) in [6.07, 6.45) is 1.72. The molecular weight excluding hydrogens is 474 g/mol. The van der Waals surface area contributed by atoms with Crippen LogP contribution in [-0.4, -0.2) is 30.2 Å². The monoisotopic (exact) mass is 499 g/mol. The Morgan fingerprint density at radius 2 is 1.91 bits per heavy atom. The van der Waals surface area contributed by atoms with E-state index in [0.717, 1.165) is 24.5 Å². The molecule has 4 rings (SSSR count). The molecule has 0 saturated carbocycles. The molecule has 0 N–H and O–H groups in total. The quantitative estimate of drug-likeness (QED) is 0.461. The number of hydrogen-bond acceptors (Lipinski definition) is 7. The van der Waals surface area contributed by atoms with Gasteiger partial charge in [-0.2, -0.15) is 0 Å². The molecule has 0 fully saturated rings. The normalized spacial score (nSPS) is 15.8. The minimum Gasteiger partial charge on any atom is -0.463 e. The minimum absolute atomic E-state index is 0.223. The molecule has 0 spiro atoms. The Morgan fingerprint density at radius 3 is 2.56 bits per heavy atom. The number of carbonyl (C=O) groups is 1. The molecule has 7 nitrogen and oxygen atoms in total. The van der Waals surface area contributed by atoms with E-state index in [1.807, 2.05) is 24.3 Å². The lowest BCUT2D eigenvalue weighted by molar-refractivity contribution is -0.139. The standard InChI is InChI=1S/C25H26ClN3O4S/c1-5-28(6-2)20-13-12-18(33-20)14-19-23(30)29-22(16-8-10-17(26)11-9-16)21(24(31)32-7-3)15(4)27-25(29)34-19/h8-14,22H,5-7H2,1-4H3/b19-14-. The van der Waals surface area contributed by atoms with Gasteiger partial charge in [-0.15, -0.1) is 0 Å². The van der Waals surface area contributed by atoms with Crippen molar-refractivity contribution in [2.45, 2.75) is 33.7 Å². The van der Waals surface area contributed by atoms with Gasteiger partial charge in [0, 0.05) is 30.3 Å². The van der Waals surface area contributed by atoms with Gasteiger partial charge in [-0.1, -0.05) is 35.1 Å². The van der Waals surface area contributed by atoms with Crippen LogP contribution in [0.5, 0.6) is 0 Å². The number of allylic oxidation sites excluding steroid dienone is 1. The number of hydrogen-bond donors (Lipinski definition) is 0. The smallest absolute Gasteiger partial charge is 0.338 e. The topological polar surface area (TPSA) is 77.0 Å². The molecule has 1 aliphatic heterocycles. The first-order valence-corrected chi connectivity index (χ1v) is 12.4. The average molecular weight is 500 g/mol. The number of anilines is 1. The van der Waals surface area contributed by atoms with Crippen molar-refractivity contribution < 1.29 is 13.9 Å². The van der Waals surface area contributed by atoms with Crippen LogP contribution in [0.4, 0.5) is 5.88 Å². The van der Waals surface area contributed by atoms with E-state index < -0.39 is 12.0 Å². The summed E-state index contributed by atoms with van der Waals surface area (Å²) in [5.74, 6) is 0.841. The highest BCUT2D eigenvalue weighted by Crippen LogP contribution is 2.31. The number of furan rings is 1. The van der Waals surface area contributed by atoms with Crippen LogP contribution in [0.2, 0.25) is 5.02 Å². The van der Waals surface area contributed by atoms with Crippen LogP contribution >= 0.6 is 22.9 Å². The third-order valence-electron chi connectivity index (χ3n) is 5.66. The number of nitrogens with zero attached hydrogens (tertiary/aromatic N) is 3. The molecule has 1 atom stereocenters. The summed E-state index contributed by atoms with van der Waals surface area (Å²) in [5, 5.41) is 0.566. The molecule has 178 valence electrons. The third-order valence-corrected chi connectivity index (χ3v) is 6.90. The summed E-state index contributed by atoms with van der Waals surface area (Å²) in [6.45, 7) is 9.49. The number of ether oxygens (including phenoxy) is 1. The molecule has 9 heteroatoms. The Hall–Kier alpha value is -3.10. The van der Waals surface area contributed by atoms with Crippen molar-refractivity contribution in [3.05, 3.63) is 83.7 Å². The molecule has 1 unspecified atom stereocenters. The van der Waals surface area contributed by atoms with E-state index in [2.05, 4.69) is 23.7 Å². The van der Waals surface area contributed by atoms with Crippen LogP contribution in [-0.2, 0) is 9.53 Å². The number of carbonyl (C=O) groups excluding carboxylic acids is 1. The maximum Gasteiger partial charge on any atom is 0.338 e. The van der Waals surface area contributed by atoms with Crippen molar-refractivity contribution in [1.29, 1.82) is 0 Å². The molecule has 0 saturated heterocycles. The Balaban J connectivity index is 1.87. The predicted octanol–water partition coefficient (Wildman–Crippen LogP) is 3.89. The van der Waals surface area contributed by atoms with Crippen LogP contribution in [0.15, 0.2) is 61.9 Å². The van der Waals surface area contributed by atoms with E-state index in [0.29, 0.717) is 31.4 Å². The highest BCUT2D eigenvalue weighted by molar-refractivity contribution is 7.07. The van der Waals surface area contributed by atoms with Crippen LogP contribution in [0, 0.1) is 0 Å². The fraction of sp³-hybridized carbons (Fsp3) is 0.320. The molecular formula is C25H26ClN3O4S. The van der Waals surface area contributed by atoms with Crippen molar-refractivity contribution in [2.24, 2.45) is 4.99 Å². The Kier molecular flexibility index (Phi) is 7.09. The van der Waals surface area contributed by atoms with Gasteiger partial charge in [0.1, 0.15) is 5.76 Å². The highest BCUT2D eigenvalue weighted by Gasteiger charge is 2.33. The summed E-state index contributed by atoms with van der Waals surface area (Å²) in [4.78, 5) is 33.7. The van der Waals surface area contributed by atoms with Gasteiger partial charge in [0.05, 0.1) is 28.5 Å². The predicted molar refractivity (Wildman–Crippen MR) is 134 cm³/mol. The average Bonchev–Trinajstić information content (AvgIpc) is 3.39. The molecule has 1 aromatic carbocycles. The second kappa shape index (κ2) is 10.0. The number of aromatic nitrogens is 1. The Morgan fingerprint density at radius 1 is 1.21 bits per heavy atom. The molecule has 0 aliphatic carbocycles. The summed E-state index contributed by atoms with van der Waals surface area (Å²) >= 11 is 7.35. The summed E-state index contributed by atoms with van der Waals surface area (Å²) in [6, 6.07) is 10.2. The number of benzene rings is 1. The van der Waals surface area contributed by atoms with Gasteiger partial charge < -0.3 is 14.1 Å². The van der Waals surface area contributed by atoms with Gasteiger partial charge in [-0.25, -0.2) is 9.79 Å². The number of rotatable bonds is 7. The van der Waals surface area contributed by atoms with Gasteiger partial charge in [0.25, 0.3) is 5.56 Å². The van der Waals surface area contributed by atoms with Crippen LogP contribution in [0.1, 0.15) is 45.1 Å². The van der Waals surface area contributed by atoms with E-state index in [4.69, 9.17) is 20.8 Å². The molecule has 0 bridgehead atoms. The lowest BCUT2D eigenvalue weighted by Gasteiger charge is -2.24. The highest BCUT2D eigenvalue weighted by atomic mass is 35.5. The molecule has 0 amide bonds. The maximum absolute atomic E-state index is 13.6. The lowest BCUT2D eigenvalue weighted by Crippen LogP contribution is -2.39. The van der Waals surface area contributed by atoms with Crippen LogP contribution < -0.4 is 19.8 Å². The molecule has 2 aromatic heterocycles. The number of thiazole rings is 1. The van der Waals surface area contributed by atoms with Crippen molar-refractivity contribution in [1.82, 2.24) is 4.57 Å². The van der Waals surface area contributed by atoms with Gasteiger partial charge in [0.2, 0.25) is 0 Å². The van der Waals surface area contributed by atoms with Crippen molar-refractivity contribution in [2.75, 3.05) is 24.6 Å². The first-order valence-electron chi connectivity index (χ1n) is 11.2. The van der Waals surface area contributed by atoms with Crippen LogP contribution in [0.3, 0.4) is 0 Å². The first-order chi connectivity index (χ1) is 16.4. The van der Waals surface area contributed by atoms with Crippen LogP contribution in [0.25, 0.3) is 6.08 Å². The van der Waals surface area contributed by atoms with Crippen molar-refractivity contribution >= 4 is 40.9 Å². The zero-order valence-corrected chi connectivity index (χ0v) is 21.1. The van der Waals surface area contributed by atoms with E-state index in [1.165, 1.54) is 11.3 Å². The SMILES string of the molecule is CCOC(=O)C1=C(C)N=c2s/c(=C\c3ccc(N(CC)CC)o3)c(=O)n2C1c1ccc(Cl)cc1. The van der Waals surface area contributed by atoms with Gasteiger partial charge in [-0.3, -0.25) is 9.36 Å². The Bertz CT molecular complexity index is 1410. The minimum atomic E-state index is -0.669.